The molecule has 1 aromatic carbocycles. The number of nitrogens with one attached hydrogen (secondary N) is 2. The molecule has 0 radical (unpaired) electrons. The van der Waals surface area contributed by atoms with E-state index in [1.54, 1.807) is 35.8 Å². The number of carbonyl (C=O) groups is 1. The van der Waals surface area contributed by atoms with Crippen LogP contribution in [0.15, 0.2) is 35.6 Å². The molecule has 30 heavy (non-hydrogen) atoms. The SMILES string of the molecule is CCCSc1nc(NCCOC)c2cnn(CCNC(=O)c3cccc(F)c3)c2n1. The molecule has 3 aromatic rings. The average molecular weight is 433 g/mol. The van der Waals surface area contributed by atoms with Crippen molar-refractivity contribution < 1.29 is 13.9 Å². The van der Waals surface area contributed by atoms with Gasteiger partial charge in [0.1, 0.15) is 11.6 Å². The Morgan fingerprint density at radius 1 is 1.30 bits per heavy atom. The zero-order valence-corrected chi connectivity index (χ0v) is 17.8. The molecule has 3 rings (SSSR count). The molecule has 2 N–H and O–H groups in total. The highest BCUT2D eigenvalue weighted by Crippen LogP contribution is 2.24. The second-order valence-corrected chi connectivity index (χ2v) is 7.56. The number of rotatable bonds is 11. The summed E-state index contributed by atoms with van der Waals surface area (Å²) in [6.45, 7) is 4.05. The molecule has 0 fully saturated rings. The highest BCUT2D eigenvalue weighted by molar-refractivity contribution is 7.99. The van der Waals surface area contributed by atoms with Crippen LogP contribution in [-0.4, -0.2) is 58.2 Å². The lowest BCUT2D eigenvalue weighted by molar-refractivity contribution is 0.0951. The summed E-state index contributed by atoms with van der Waals surface area (Å²) < 4.78 is 20.1. The number of methoxy groups -OCH3 is 1. The number of halogens is 1. The monoisotopic (exact) mass is 432 g/mol. The van der Waals surface area contributed by atoms with E-state index in [1.807, 2.05) is 0 Å². The molecule has 0 unspecified atom stereocenters. The third-order valence-corrected chi connectivity index (χ3v) is 5.26. The maximum absolute atomic E-state index is 13.3. The van der Waals surface area contributed by atoms with Gasteiger partial charge < -0.3 is 15.4 Å². The molecule has 0 bridgehead atoms. The highest BCUT2D eigenvalue weighted by Gasteiger charge is 2.14. The van der Waals surface area contributed by atoms with Crippen LogP contribution in [0.3, 0.4) is 0 Å². The molecule has 0 aliphatic carbocycles. The zero-order valence-electron chi connectivity index (χ0n) is 17.0. The molecule has 0 saturated carbocycles. The van der Waals surface area contributed by atoms with Gasteiger partial charge in [0, 0.05) is 31.5 Å². The van der Waals surface area contributed by atoms with Crippen LogP contribution in [0, 0.1) is 5.82 Å². The van der Waals surface area contributed by atoms with Gasteiger partial charge in [0.25, 0.3) is 5.91 Å². The first kappa shape index (κ1) is 22.0. The number of nitrogens with zero attached hydrogens (tertiary/aromatic N) is 4. The Hall–Kier alpha value is -2.72. The molecule has 8 nitrogen and oxygen atoms in total. The minimum absolute atomic E-state index is 0.283. The molecule has 2 heterocycles. The Bertz CT molecular complexity index is 997. The average Bonchev–Trinajstić information content (AvgIpc) is 3.15. The van der Waals surface area contributed by atoms with E-state index in [2.05, 4.69) is 32.6 Å². The van der Waals surface area contributed by atoms with Crippen molar-refractivity contribution in [2.75, 3.05) is 37.9 Å². The second-order valence-electron chi connectivity index (χ2n) is 6.49. The van der Waals surface area contributed by atoms with Crippen molar-refractivity contribution >= 4 is 34.5 Å². The van der Waals surface area contributed by atoms with Crippen LogP contribution in [0.2, 0.25) is 0 Å². The number of thioether (sulfide) groups is 1. The summed E-state index contributed by atoms with van der Waals surface area (Å²) in [5.41, 5.74) is 0.981. The number of hydrogen-bond donors (Lipinski definition) is 2. The fourth-order valence-electron chi connectivity index (χ4n) is 2.77. The first-order chi connectivity index (χ1) is 14.6. The van der Waals surface area contributed by atoms with Crippen LogP contribution in [-0.2, 0) is 11.3 Å². The maximum atomic E-state index is 13.3. The van der Waals surface area contributed by atoms with E-state index >= 15 is 0 Å². The second kappa shape index (κ2) is 10.9. The van der Waals surface area contributed by atoms with Crippen LogP contribution in [0.25, 0.3) is 11.0 Å². The van der Waals surface area contributed by atoms with Gasteiger partial charge in [0.05, 0.1) is 24.7 Å². The van der Waals surface area contributed by atoms with E-state index in [-0.39, 0.29) is 11.5 Å². The fourth-order valence-corrected chi connectivity index (χ4v) is 3.46. The quantitative estimate of drug-likeness (QED) is 0.273. The summed E-state index contributed by atoms with van der Waals surface area (Å²) in [7, 11) is 1.65. The lowest BCUT2D eigenvalue weighted by Crippen LogP contribution is -2.27. The molecule has 160 valence electrons. The van der Waals surface area contributed by atoms with Crippen molar-refractivity contribution in [1.29, 1.82) is 0 Å². The van der Waals surface area contributed by atoms with E-state index in [1.165, 1.54) is 18.2 Å². The summed E-state index contributed by atoms with van der Waals surface area (Å²) in [6, 6.07) is 5.60. The molecule has 0 saturated heterocycles. The maximum Gasteiger partial charge on any atom is 0.251 e. The Morgan fingerprint density at radius 2 is 2.17 bits per heavy atom. The summed E-state index contributed by atoms with van der Waals surface area (Å²) in [4.78, 5) is 21.5. The molecule has 0 atom stereocenters. The van der Waals surface area contributed by atoms with Crippen LogP contribution < -0.4 is 10.6 Å². The van der Waals surface area contributed by atoms with Gasteiger partial charge in [-0.3, -0.25) is 4.79 Å². The number of aromatic nitrogens is 4. The van der Waals surface area contributed by atoms with E-state index in [4.69, 9.17) is 4.74 Å². The van der Waals surface area contributed by atoms with Crippen LogP contribution in [0.4, 0.5) is 10.2 Å². The van der Waals surface area contributed by atoms with Crippen LogP contribution >= 0.6 is 11.8 Å². The van der Waals surface area contributed by atoms with Crippen molar-refractivity contribution in [1.82, 2.24) is 25.1 Å². The predicted octanol–water partition coefficient (Wildman–Crippen LogP) is 2.96. The summed E-state index contributed by atoms with van der Waals surface area (Å²) >= 11 is 1.59. The number of fused-ring (bicyclic) bond motifs is 1. The molecule has 10 heteroatoms. The lowest BCUT2D eigenvalue weighted by atomic mass is 10.2. The minimum atomic E-state index is -0.442. The van der Waals surface area contributed by atoms with Gasteiger partial charge in [-0.2, -0.15) is 5.10 Å². The Labute approximate surface area is 178 Å². The van der Waals surface area contributed by atoms with Crippen molar-refractivity contribution in [3.05, 3.63) is 41.8 Å². The first-order valence-electron chi connectivity index (χ1n) is 9.75. The predicted molar refractivity (Wildman–Crippen MR) is 115 cm³/mol. The Balaban J connectivity index is 1.73. The lowest BCUT2D eigenvalue weighted by Gasteiger charge is -2.10. The van der Waals surface area contributed by atoms with Gasteiger partial charge in [-0.15, -0.1) is 0 Å². The third kappa shape index (κ3) is 5.67. The smallest absolute Gasteiger partial charge is 0.251 e. The molecule has 0 aliphatic rings. The van der Waals surface area contributed by atoms with Gasteiger partial charge in [-0.05, 0) is 24.6 Å². The zero-order chi connectivity index (χ0) is 21.3. The van der Waals surface area contributed by atoms with Crippen molar-refractivity contribution in [3.63, 3.8) is 0 Å². The van der Waals surface area contributed by atoms with Gasteiger partial charge in [-0.25, -0.2) is 19.0 Å². The first-order valence-corrected chi connectivity index (χ1v) is 10.7. The van der Waals surface area contributed by atoms with Gasteiger partial charge in [0.15, 0.2) is 10.8 Å². The van der Waals surface area contributed by atoms with Crippen molar-refractivity contribution in [2.24, 2.45) is 0 Å². The topological polar surface area (TPSA) is 94.0 Å². The minimum Gasteiger partial charge on any atom is -0.383 e. The number of benzene rings is 1. The highest BCUT2D eigenvalue weighted by atomic mass is 32.2. The van der Waals surface area contributed by atoms with Gasteiger partial charge in [-0.1, -0.05) is 24.8 Å². The summed E-state index contributed by atoms with van der Waals surface area (Å²) in [5, 5.41) is 12.0. The standard InChI is InChI=1S/C20H25FN6O2S/c1-3-11-30-20-25-17(22-8-10-29-2)16-13-24-27(18(16)26-20)9-7-23-19(28)14-5-4-6-15(21)12-14/h4-6,12-13H,3,7-11H2,1-2H3,(H,23,28)(H,22,25,26). The van der Waals surface area contributed by atoms with Crippen LogP contribution in [0.5, 0.6) is 0 Å². The number of ether oxygens (including phenoxy) is 1. The van der Waals surface area contributed by atoms with E-state index < -0.39 is 5.82 Å². The van der Waals surface area contributed by atoms with Gasteiger partial charge in [0.2, 0.25) is 0 Å². The van der Waals surface area contributed by atoms with E-state index in [0.717, 1.165) is 17.6 Å². The van der Waals surface area contributed by atoms with Crippen LogP contribution in [0.1, 0.15) is 23.7 Å². The largest absolute Gasteiger partial charge is 0.383 e. The van der Waals surface area contributed by atoms with E-state index in [0.29, 0.717) is 42.9 Å². The number of carbonyl (C=O) groups excluding carboxylic acids is 1. The summed E-state index contributed by atoms with van der Waals surface area (Å²) in [6.07, 6.45) is 2.73. The molecular weight excluding hydrogens is 407 g/mol. The van der Waals surface area contributed by atoms with Crippen molar-refractivity contribution in [3.8, 4) is 0 Å². The third-order valence-electron chi connectivity index (χ3n) is 4.21. The number of anilines is 1. The molecule has 1 amide bonds. The van der Waals surface area contributed by atoms with E-state index in [9.17, 15) is 9.18 Å². The Kier molecular flexibility index (Phi) is 7.97. The molecule has 0 spiro atoms. The van der Waals surface area contributed by atoms with Crippen molar-refractivity contribution in [2.45, 2.75) is 25.0 Å². The van der Waals surface area contributed by atoms with Gasteiger partial charge >= 0.3 is 0 Å². The Morgan fingerprint density at radius 3 is 2.93 bits per heavy atom. The number of hydrogen-bond acceptors (Lipinski definition) is 7. The molecule has 0 aliphatic heterocycles. The molecule has 2 aromatic heterocycles. The molecular formula is C20H25FN6O2S. The number of amides is 1. The summed E-state index contributed by atoms with van der Waals surface area (Å²) in [5.74, 6) is 0.858. The normalized spacial score (nSPS) is 11.0. The fraction of sp³-hybridized carbons (Fsp3) is 0.400.